The molecule has 0 atom stereocenters. The molecular weight excluding hydrogens is 370 g/mol. The molecule has 0 aromatic heterocycles. The summed E-state index contributed by atoms with van der Waals surface area (Å²) in [7, 11) is 0. The van der Waals surface area contributed by atoms with Crippen molar-refractivity contribution in [2.45, 2.75) is 5.75 Å². The zero-order valence-corrected chi connectivity index (χ0v) is 14.8. The normalized spacial score (nSPS) is 14.0. The number of thioether (sulfide) groups is 1. The molecule has 1 heterocycles. The number of hydrogen-bond donors (Lipinski definition) is 0. The summed E-state index contributed by atoms with van der Waals surface area (Å²) in [6.45, 7) is 1.01. The number of aliphatic imine (C=N–C) groups is 1. The van der Waals surface area contributed by atoms with Gasteiger partial charge in [-0.05, 0) is 29.8 Å². The average molecular weight is 383 g/mol. The van der Waals surface area contributed by atoms with Crippen molar-refractivity contribution in [3.05, 3.63) is 69.5 Å². The van der Waals surface area contributed by atoms with Crippen LogP contribution < -0.4 is 0 Å². The van der Waals surface area contributed by atoms with Gasteiger partial charge in [0, 0.05) is 17.3 Å². The van der Waals surface area contributed by atoms with Gasteiger partial charge in [0.1, 0.15) is 5.82 Å². The fraction of sp³-hybridized carbons (Fsp3) is 0.176. The van der Waals surface area contributed by atoms with Crippen LogP contribution in [0, 0.1) is 5.82 Å². The van der Waals surface area contributed by atoms with Crippen LogP contribution in [0.3, 0.4) is 0 Å². The van der Waals surface area contributed by atoms with Gasteiger partial charge in [0.15, 0.2) is 5.17 Å². The minimum Gasteiger partial charge on any atom is -0.286 e. The van der Waals surface area contributed by atoms with Gasteiger partial charge < -0.3 is 0 Å². The molecule has 3 rings (SSSR count). The zero-order chi connectivity index (χ0) is 17.1. The molecule has 0 saturated carbocycles. The van der Waals surface area contributed by atoms with Crippen molar-refractivity contribution in [3.8, 4) is 0 Å². The highest BCUT2D eigenvalue weighted by Crippen LogP contribution is 2.26. The third kappa shape index (κ3) is 3.74. The average Bonchev–Trinajstić information content (AvgIpc) is 3.02. The molecule has 2 aromatic carbocycles. The maximum absolute atomic E-state index is 13.7. The Hall–Kier alpha value is -1.56. The monoisotopic (exact) mass is 382 g/mol. The SMILES string of the molecule is O=C(c1ccc(Cl)cc1Cl)N1CCN=C1SCc1ccccc1F. The summed E-state index contributed by atoms with van der Waals surface area (Å²) in [6, 6.07) is 11.3. The Kier molecular flexibility index (Phi) is 5.43. The smallest absolute Gasteiger partial charge is 0.261 e. The number of carbonyl (C=O) groups excluding carboxylic acids is 1. The predicted octanol–water partition coefficient (Wildman–Crippen LogP) is 4.88. The summed E-state index contributed by atoms with van der Waals surface area (Å²) in [6.07, 6.45) is 0. The lowest BCUT2D eigenvalue weighted by Crippen LogP contribution is -2.33. The molecule has 1 amide bonds. The molecule has 1 aliphatic heterocycles. The Balaban J connectivity index is 1.73. The molecule has 1 aliphatic rings. The van der Waals surface area contributed by atoms with E-state index in [1.807, 2.05) is 0 Å². The number of benzene rings is 2. The molecule has 124 valence electrons. The van der Waals surface area contributed by atoms with Gasteiger partial charge in [-0.1, -0.05) is 53.2 Å². The lowest BCUT2D eigenvalue weighted by Gasteiger charge is -2.18. The zero-order valence-electron chi connectivity index (χ0n) is 12.5. The van der Waals surface area contributed by atoms with Crippen LogP contribution in [0.15, 0.2) is 47.5 Å². The molecule has 0 unspecified atom stereocenters. The Bertz CT molecular complexity index is 813. The van der Waals surface area contributed by atoms with Crippen LogP contribution in [-0.2, 0) is 5.75 Å². The molecule has 24 heavy (non-hydrogen) atoms. The van der Waals surface area contributed by atoms with Gasteiger partial charge in [0.05, 0.1) is 17.1 Å². The summed E-state index contributed by atoms with van der Waals surface area (Å²) in [5.41, 5.74) is 0.955. The summed E-state index contributed by atoms with van der Waals surface area (Å²) >= 11 is 13.3. The highest BCUT2D eigenvalue weighted by atomic mass is 35.5. The van der Waals surface area contributed by atoms with Crippen molar-refractivity contribution in [2.24, 2.45) is 4.99 Å². The quantitative estimate of drug-likeness (QED) is 0.757. The van der Waals surface area contributed by atoms with Crippen LogP contribution in [-0.4, -0.2) is 29.1 Å². The fourth-order valence-corrected chi connectivity index (χ4v) is 3.83. The first-order valence-electron chi connectivity index (χ1n) is 7.24. The van der Waals surface area contributed by atoms with Gasteiger partial charge in [-0.3, -0.25) is 14.7 Å². The van der Waals surface area contributed by atoms with Crippen molar-refractivity contribution in [2.75, 3.05) is 13.1 Å². The molecule has 0 aliphatic carbocycles. The third-order valence-corrected chi connectivity index (χ3v) is 5.13. The van der Waals surface area contributed by atoms with Gasteiger partial charge in [-0.25, -0.2) is 4.39 Å². The largest absolute Gasteiger partial charge is 0.286 e. The van der Waals surface area contributed by atoms with Gasteiger partial charge in [-0.15, -0.1) is 0 Å². The van der Waals surface area contributed by atoms with Crippen LogP contribution in [0.2, 0.25) is 10.0 Å². The van der Waals surface area contributed by atoms with Crippen molar-refractivity contribution >= 4 is 46.0 Å². The Morgan fingerprint density at radius 2 is 2.04 bits per heavy atom. The number of amidine groups is 1. The fourth-order valence-electron chi connectivity index (χ4n) is 2.30. The van der Waals surface area contributed by atoms with Crippen LogP contribution in [0.5, 0.6) is 0 Å². The molecule has 0 fully saturated rings. The second kappa shape index (κ2) is 7.55. The van der Waals surface area contributed by atoms with E-state index in [1.54, 1.807) is 35.2 Å². The van der Waals surface area contributed by atoms with Gasteiger partial charge in [0.2, 0.25) is 0 Å². The van der Waals surface area contributed by atoms with Crippen LogP contribution >= 0.6 is 35.0 Å². The first-order valence-corrected chi connectivity index (χ1v) is 8.98. The topological polar surface area (TPSA) is 32.7 Å². The van der Waals surface area contributed by atoms with Crippen LogP contribution in [0.4, 0.5) is 4.39 Å². The number of nitrogens with zero attached hydrogens (tertiary/aromatic N) is 2. The van der Waals surface area contributed by atoms with E-state index in [2.05, 4.69) is 4.99 Å². The first-order chi connectivity index (χ1) is 11.6. The van der Waals surface area contributed by atoms with E-state index in [4.69, 9.17) is 23.2 Å². The minimum atomic E-state index is -0.262. The van der Waals surface area contributed by atoms with Crippen LogP contribution in [0.1, 0.15) is 15.9 Å². The first kappa shape index (κ1) is 17.3. The summed E-state index contributed by atoms with van der Waals surface area (Å²) in [5, 5.41) is 1.35. The van der Waals surface area contributed by atoms with Crippen LogP contribution in [0.25, 0.3) is 0 Å². The molecule has 0 saturated heterocycles. The lowest BCUT2D eigenvalue weighted by molar-refractivity contribution is 0.0861. The number of halogens is 3. The van der Waals surface area contributed by atoms with E-state index in [-0.39, 0.29) is 11.7 Å². The number of carbonyl (C=O) groups is 1. The second-order valence-corrected chi connectivity index (χ2v) is 6.91. The molecule has 0 radical (unpaired) electrons. The number of hydrogen-bond acceptors (Lipinski definition) is 3. The van der Waals surface area contributed by atoms with E-state index in [0.717, 1.165) is 0 Å². The van der Waals surface area contributed by atoms with Gasteiger partial charge in [0.25, 0.3) is 5.91 Å². The number of amides is 1. The Morgan fingerprint density at radius 3 is 2.79 bits per heavy atom. The highest BCUT2D eigenvalue weighted by molar-refractivity contribution is 8.13. The standard InChI is InChI=1S/C17H13Cl2FN2OS/c18-12-5-6-13(14(19)9-12)16(23)22-8-7-21-17(22)24-10-11-3-1-2-4-15(11)20/h1-6,9H,7-8,10H2. The van der Waals surface area contributed by atoms with E-state index in [1.165, 1.54) is 23.9 Å². The molecular formula is C17H13Cl2FN2OS. The Labute approximate surface area is 153 Å². The maximum atomic E-state index is 13.7. The third-order valence-electron chi connectivity index (χ3n) is 3.52. The molecule has 0 bridgehead atoms. The Morgan fingerprint density at radius 1 is 1.25 bits per heavy atom. The summed E-state index contributed by atoms with van der Waals surface area (Å²) < 4.78 is 13.7. The minimum absolute atomic E-state index is 0.228. The van der Waals surface area contributed by atoms with Gasteiger partial charge in [-0.2, -0.15) is 0 Å². The van der Waals surface area contributed by atoms with Crippen molar-refractivity contribution in [1.29, 1.82) is 0 Å². The molecule has 0 N–H and O–H groups in total. The van der Waals surface area contributed by atoms with Crippen molar-refractivity contribution < 1.29 is 9.18 Å². The summed E-state index contributed by atoms with van der Waals surface area (Å²) in [5.74, 6) is -0.0833. The predicted molar refractivity (Wildman–Crippen MR) is 97.5 cm³/mol. The molecule has 3 nitrogen and oxygen atoms in total. The molecule has 0 spiro atoms. The number of rotatable bonds is 3. The van der Waals surface area contributed by atoms with E-state index in [0.29, 0.717) is 45.2 Å². The lowest BCUT2D eigenvalue weighted by atomic mass is 10.2. The van der Waals surface area contributed by atoms with E-state index >= 15 is 0 Å². The maximum Gasteiger partial charge on any atom is 0.261 e. The second-order valence-electron chi connectivity index (χ2n) is 5.13. The summed E-state index contributed by atoms with van der Waals surface area (Å²) in [4.78, 5) is 18.6. The van der Waals surface area contributed by atoms with E-state index in [9.17, 15) is 9.18 Å². The van der Waals surface area contributed by atoms with E-state index < -0.39 is 0 Å². The van der Waals surface area contributed by atoms with Gasteiger partial charge >= 0.3 is 0 Å². The van der Waals surface area contributed by atoms with Crippen molar-refractivity contribution in [1.82, 2.24) is 4.90 Å². The molecule has 2 aromatic rings. The highest BCUT2D eigenvalue weighted by Gasteiger charge is 2.26. The van der Waals surface area contributed by atoms with Crippen molar-refractivity contribution in [3.63, 3.8) is 0 Å². The molecule has 7 heteroatoms.